The number of hydrogen-bond acceptors (Lipinski definition) is 7. The second-order valence-corrected chi connectivity index (χ2v) is 7.66. The first-order valence-corrected chi connectivity index (χ1v) is 9.97. The third-order valence-corrected chi connectivity index (χ3v) is 5.47. The summed E-state index contributed by atoms with van der Waals surface area (Å²) >= 11 is 0. The molecule has 0 radical (unpaired) electrons. The lowest BCUT2D eigenvalue weighted by Crippen LogP contribution is -2.51. The van der Waals surface area contributed by atoms with Crippen LogP contribution in [-0.2, 0) is 13.0 Å². The molecule has 1 aromatic heterocycles. The molecule has 28 heavy (non-hydrogen) atoms. The summed E-state index contributed by atoms with van der Waals surface area (Å²) in [5, 5.41) is 16.9. The molecule has 2 aliphatic heterocycles. The molecule has 0 unspecified atom stereocenters. The number of anilines is 1. The number of benzene rings is 1. The number of ketones is 1. The molecule has 7 heteroatoms. The van der Waals surface area contributed by atoms with Gasteiger partial charge in [0.05, 0.1) is 12.1 Å². The maximum absolute atomic E-state index is 12.5. The van der Waals surface area contributed by atoms with Gasteiger partial charge in [-0.05, 0) is 24.0 Å². The van der Waals surface area contributed by atoms with E-state index in [1.165, 1.54) is 17.5 Å². The number of carbonyl (C=O) groups excluding carboxylic acids is 1. The van der Waals surface area contributed by atoms with Gasteiger partial charge in [0.1, 0.15) is 17.8 Å². The van der Waals surface area contributed by atoms with E-state index in [4.69, 9.17) is 0 Å². The summed E-state index contributed by atoms with van der Waals surface area (Å²) in [7, 11) is 0. The molecule has 0 saturated carbocycles. The summed E-state index contributed by atoms with van der Waals surface area (Å²) < 4.78 is 0. The van der Waals surface area contributed by atoms with Gasteiger partial charge in [-0.1, -0.05) is 24.3 Å². The van der Waals surface area contributed by atoms with Crippen LogP contribution in [-0.4, -0.2) is 64.1 Å². The number of β-amino-alcohol motifs (C(OH)–C–C–N with tert-alkyl or cyclic N) is 1. The van der Waals surface area contributed by atoms with Gasteiger partial charge in [0.15, 0.2) is 5.78 Å². The Hall–Kier alpha value is -2.35. The van der Waals surface area contributed by atoms with Crippen LogP contribution in [0.15, 0.2) is 36.7 Å². The van der Waals surface area contributed by atoms with Crippen LogP contribution < -0.4 is 10.6 Å². The monoisotopic (exact) mass is 381 g/mol. The second-order valence-electron chi connectivity index (χ2n) is 7.66. The van der Waals surface area contributed by atoms with E-state index in [0.717, 1.165) is 32.6 Å². The van der Waals surface area contributed by atoms with E-state index < -0.39 is 6.10 Å². The van der Waals surface area contributed by atoms with Crippen LogP contribution in [0.3, 0.4) is 0 Å². The summed E-state index contributed by atoms with van der Waals surface area (Å²) in [5.74, 6) is 0.623. The first-order chi connectivity index (χ1) is 13.7. The van der Waals surface area contributed by atoms with Crippen molar-refractivity contribution >= 4 is 11.6 Å². The fraction of sp³-hybridized carbons (Fsp3) is 0.476. The Morgan fingerprint density at radius 2 is 2.11 bits per heavy atom. The van der Waals surface area contributed by atoms with Gasteiger partial charge in [-0.25, -0.2) is 9.97 Å². The largest absolute Gasteiger partial charge is 0.392 e. The summed E-state index contributed by atoms with van der Waals surface area (Å²) in [4.78, 5) is 23.0. The summed E-state index contributed by atoms with van der Waals surface area (Å²) in [5.41, 5.74) is 3.14. The minimum Gasteiger partial charge on any atom is -0.392 e. The van der Waals surface area contributed by atoms with Gasteiger partial charge < -0.3 is 15.7 Å². The topological polar surface area (TPSA) is 90.4 Å². The maximum Gasteiger partial charge on any atom is 0.181 e. The highest BCUT2D eigenvalue weighted by atomic mass is 16.3. The Bertz CT molecular complexity index is 824. The highest BCUT2D eigenvalue weighted by Crippen LogP contribution is 2.19. The number of nitrogens with zero attached hydrogens (tertiary/aromatic N) is 3. The average molecular weight is 381 g/mol. The molecule has 3 N–H and O–H groups in total. The molecule has 2 aromatic rings. The van der Waals surface area contributed by atoms with Crippen LogP contribution >= 0.6 is 0 Å². The van der Waals surface area contributed by atoms with Crippen molar-refractivity contribution in [3.8, 4) is 0 Å². The number of aliphatic hydroxyl groups is 1. The van der Waals surface area contributed by atoms with Gasteiger partial charge in [-0.3, -0.25) is 9.69 Å². The highest BCUT2D eigenvalue weighted by Gasteiger charge is 2.20. The van der Waals surface area contributed by atoms with Crippen LogP contribution in [0, 0.1) is 0 Å². The lowest BCUT2D eigenvalue weighted by atomic mass is 9.99. The zero-order chi connectivity index (χ0) is 19.3. The molecule has 0 aliphatic carbocycles. The van der Waals surface area contributed by atoms with E-state index in [1.54, 1.807) is 6.07 Å². The number of Topliss-reactive ketones (excluding diaryl/α,β-unsaturated/α-hetero) is 1. The molecule has 1 aromatic carbocycles. The van der Waals surface area contributed by atoms with Crippen molar-refractivity contribution in [3.05, 3.63) is 53.5 Å². The quantitative estimate of drug-likeness (QED) is 0.593. The third kappa shape index (κ3) is 4.73. The lowest BCUT2D eigenvalue weighted by Gasteiger charge is -2.30. The molecule has 0 spiro atoms. The molecule has 3 heterocycles. The summed E-state index contributed by atoms with van der Waals surface area (Å²) in [6.07, 6.45) is 2.64. The Morgan fingerprint density at radius 1 is 1.29 bits per heavy atom. The van der Waals surface area contributed by atoms with Crippen LogP contribution in [0.25, 0.3) is 0 Å². The molecule has 0 amide bonds. The number of rotatable bonds is 8. The fourth-order valence-electron chi connectivity index (χ4n) is 3.71. The summed E-state index contributed by atoms with van der Waals surface area (Å²) in [6.45, 7) is 4.20. The minimum atomic E-state index is -0.519. The number of carbonyl (C=O) groups is 1. The zero-order valence-electron chi connectivity index (χ0n) is 16.0. The Balaban J connectivity index is 1.25. The highest BCUT2D eigenvalue weighted by molar-refractivity contribution is 5.94. The Labute approximate surface area is 165 Å². The predicted molar refractivity (Wildman–Crippen MR) is 107 cm³/mol. The molecule has 1 fully saturated rings. The third-order valence-electron chi connectivity index (χ3n) is 5.47. The Kier molecular flexibility index (Phi) is 5.95. The van der Waals surface area contributed by atoms with Crippen molar-refractivity contribution in [2.75, 3.05) is 31.5 Å². The number of nitrogens with one attached hydrogen (secondary N) is 2. The van der Waals surface area contributed by atoms with Gasteiger partial charge in [-0.2, -0.15) is 0 Å². The van der Waals surface area contributed by atoms with Crippen molar-refractivity contribution in [2.24, 2.45) is 0 Å². The first-order valence-electron chi connectivity index (χ1n) is 9.97. The molecule has 1 saturated heterocycles. The van der Waals surface area contributed by atoms with Crippen molar-refractivity contribution < 1.29 is 9.90 Å². The molecule has 4 rings (SSSR count). The SMILES string of the molecule is O=C(CC[C@H](O)CN1CCc2ccccc2C1)c1cc(NC2CNC2)ncn1. The van der Waals surface area contributed by atoms with Crippen LogP contribution in [0.2, 0.25) is 0 Å². The summed E-state index contributed by atoms with van der Waals surface area (Å²) in [6, 6.07) is 10.5. The smallest absolute Gasteiger partial charge is 0.181 e. The van der Waals surface area contributed by atoms with E-state index in [0.29, 0.717) is 30.5 Å². The van der Waals surface area contributed by atoms with Crippen molar-refractivity contribution in [3.63, 3.8) is 0 Å². The fourth-order valence-corrected chi connectivity index (χ4v) is 3.71. The van der Waals surface area contributed by atoms with Gasteiger partial charge in [0.2, 0.25) is 0 Å². The average Bonchev–Trinajstić information content (AvgIpc) is 2.69. The second kappa shape index (κ2) is 8.77. The standard InChI is InChI=1S/C21H27N5O2/c27-18(13-26-8-7-15-3-1-2-4-16(15)12-26)5-6-20(28)19-9-21(24-14-23-19)25-17-10-22-11-17/h1-4,9,14,17-18,22,27H,5-8,10-13H2,(H,23,24,25)/t18-/m0/s1. The minimum absolute atomic E-state index is 0.0553. The number of fused-ring (bicyclic) bond motifs is 1. The molecule has 148 valence electrons. The molecule has 1 atom stereocenters. The van der Waals surface area contributed by atoms with E-state index in [2.05, 4.69) is 49.8 Å². The van der Waals surface area contributed by atoms with Gasteiger partial charge in [0.25, 0.3) is 0 Å². The van der Waals surface area contributed by atoms with Crippen LogP contribution in [0.4, 0.5) is 5.82 Å². The van der Waals surface area contributed by atoms with Crippen LogP contribution in [0.5, 0.6) is 0 Å². The first kappa shape index (κ1) is 19.0. The van der Waals surface area contributed by atoms with Crippen molar-refractivity contribution in [1.82, 2.24) is 20.2 Å². The number of aromatic nitrogens is 2. The lowest BCUT2D eigenvalue weighted by molar-refractivity contribution is 0.0833. The van der Waals surface area contributed by atoms with Gasteiger partial charge >= 0.3 is 0 Å². The molecule has 7 nitrogen and oxygen atoms in total. The number of hydrogen-bond donors (Lipinski definition) is 3. The molecule has 0 bridgehead atoms. The molecule has 2 aliphatic rings. The van der Waals surface area contributed by atoms with E-state index in [9.17, 15) is 9.90 Å². The molecular weight excluding hydrogens is 354 g/mol. The molecular formula is C21H27N5O2. The zero-order valence-corrected chi connectivity index (χ0v) is 16.0. The van der Waals surface area contributed by atoms with Crippen LogP contribution in [0.1, 0.15) is 34.5 Å². The van der Waals surface area contributed by atoms with E-state index in [1.807, 2.05) is 0 Å². The van der Waals surface area contributed by atoms with E-state index in [-0.39, 0.29) is 12.2 Å². The van der Waals surface area contributed by atoms with E-state index >= 15 is 0 Å². The van der Waals surface area contributed by atoms with Gasteiger partial charge in [0, 0.05) is 45.2 Å². The van der Waals surface area contributed by atoms with Crippen molar-refractivity contribution in [2.45, 2.75) is 38.0 Å². The number of aliphatic hydroxyl groups excluding tert-OH is 1. The van der Waals surface area contributed by atoms with Crippen molar-refractivity contribution in [1.29, 1.82) is 0 Å². The predicted octanol–water partition coefficient (Wildman–Crippen LogP) is 1.24. The normalized spacial score (nSPS) is 18.2. The Morgan fingerprint density at radius 3 is 2.89 bits per heavy atom. The maximum atomic E-state index is 12.5. The van der Waals surface area contributed by atoms with Gasteiger partial charge in [-0.15, -0.1) is 0 Å².